The number of hydrogen-bond acceptors (Lipinski definition) is 3. The zero-order valence-electron chi connectivity index (χ0n) is 11.1. The van der Waals surface area contributed by atoms with Gasteiger partial charge in [0.25, 0.3) is 0 Å². The Labute approximate surface area is 117 Å². The van der Waals surface area contributed by atoms with E-state index < -0.39 is 5.97 Å². The van der Waals surface area contributed by atoms with E-state index in [1.54, 1.807) is 17.0 Å². The fraction of sp³-hybridized carbons (Fsp3) is 0.429. The van der Waals surface area contributed by atoms with E-state index in [4.69, 9.17) is 10.2 Å². The number of aromatic carboxylic acids is 1. The minimum Gasteiger partial charge on any atom is -0.478 e. The summed E-state index contributed by atoms with van der Waals surface area (Å²) in [5.41, 5.74) is 0.743. The molecule has 20 heavy (non-hydrogen) atoms. The zero-order chi connectivity index (χ0) is 14.5. The minimum atomic E-state index is -0.996. The highest BCUT2D eigenvalue weighted by Gasteiger charge is 2.23. The van der Waals surface area contributed by atoms with Crippen molar-refractivity contribution in [3.05, 3.63) is 29.8 Å². The van der Waals surface area contributed by atoms with Crippen molar-refractivity contribution >= 4 is 17.7 Å². The standard InChI is InChI=1S/C14H18N2O4/c17-9-10-2-1-7-16(8-10)14(20)15-12-5-3-11(4-6-12)13(18)19/h3-6,10,17H,1-2,7-9H2,(H,15,20)(H,18,19). The van der Waals surface area contributed by atoms with E-state index in [2.05, 4.69) is 5.32 Å². The Kier molecular flexibility index (Phi) is 4.57. The Balaban J connectivity index is 1.95. The van der Waals surface area contributed by atoms with Gasteiger partial charge in [-0.1, -0.05) is 0 Å². The first-order valence-corrected chi connectivity index (χ1v) is 6.60. The van der Waals surface area contributed by atoms with E-state index in [0.717, 1.165) is 12.8 Å². The number of benzene rings is 1. The van der Waals surface area contributed by atoms with E-state index in [0.29, 0.717) is 18.8 Å². The summed E-state index contributed by atoms with van der Waals surface area (Å²) in [5.74, 6) is -0.853. The van der Waals surface area contributed by atoms with Crippen LogP contribution in [0, 0.1) is 5.92 Å². The maximum absolute atomic E-state index is 12.1. The number of piperidine rings is 1. The number of nitrogens with zero attached hydrogens (tertiary/aromatic N) is 1. The first-order chi connectivity index (χ1) is 9.60. The number of carbonyl (C=O) groups excluding carboxylic acids is 1. The van der Waals surface area contributed by atoms with E-state index >= 15 is 0 Å². The number of anilines is 1. The second-order valence-corrected chi connectivity index (χ2v) is 4.95. The van der Waals surface area contributed by atoms with Crippen molar-refractivity contribution in [2.45, 2.75) is 12.8 Å². The first kappa shape index (κ1) is 14.3. The number of carboxylic acid groups (broad SMARTS) is 1. The molecule has 0 bridgehead atoms. The third-order valence-electron chi connectivity index (χ3n) is 3.45. The van der Waals surface area contributed by atoms with Crippen LogP contribution in [0.1, 0.15) is 23.2 Å². The number of nitrogens with one attached hydrogen (secondary N) is 1. The smallest absolute Gasteiger partial charge is 0.335 e. The molecule has 1 unspecified atom stereocenters. The topological polar surface area (TPSA) is 89.9 Å². The molecule has 0 radical (unpaired) electrons. The molecule has 108 valence electrons. The number of rotatable bonds is 3. The van der Waals surface area contributed by atoms with E-state index in [9.17, 15) is 9.59 Å². The summed E-state index contributed by atoms with van der Waals surface area (Å²) in [7, 11) is 0. The Morgan fingerprint density at radius 2 is 2.00 bits per heavy atom. The van der Waals surface area contributed by atoms with Crippen LogP contribution < -0.4 is 5.32 Å². The van der Waals surface area contributed by atoms with E-state index in [1.807, 2.05) is 0 Å². The monoisotopic (exact) mass is 278 g/mol. The normalized spacial score (nSPS) is 18.6. The number of urea groups is 1. The first-order valence-electron chi connectivity index (χ1n) is 6.60. The number of likely N-dealkylation sites (tertiary alicyclic amines) is 1. The molecular weight excluding hydrogens is 260 g/mol. The SMILES string of the molecule is O=C(O)c1ccc(NC(=O)N2CCCC(CO)C2)cc1. The third-order valence-corrected chi connectivity index (χ3v) is 3.45. The lowest BCUT2D eigenvalue weighted by molar-refractivity contribution is 0.0697. The van der Waals surface area contributed by atoms with Crippen molar-refractivity contribution in [1.29, 1.82) is 0 Å². The summed E-state index contributed by atoms with van der Waals surface area (Å²) in [5, 5.41) is 20.7. The Hall–Kier alpha value is -2.08. The van der Waals surface area contributed by atoms with Gasteiger partial charge in [-0.15, -0.1) is 0 Å². The minimum absolute atomic E-state index is 0.0943. The molecule has 1 atom stereocenters. The number of carboxylic acids is 1. The maximum atomic E-state index is 12.1. The molecule has 1 aromatic rings. The molecule has 1 aliphatic rings. The molecule has 1 saturated heterocycles. The number of hydrogen-bond donors (Lipinski definition) is 3. The predicted octanol–water partition coefficient (Wildman–Crippen LogP) is 1.62. The number of aliphatic hydroxyl groups is 1. The third kappa shape index (κ3) is 3.48. The van der Waals surface area contributed by atoms with Crippen LogP contribution in [0.3, 0.4) is 0 Å². The van der Waals surface area contributed by atoms with Gasteiger partial charge in [0, 0.05) is 25.4 Å². The maximum Gasteiger partial charge on any atom is 0.335 e. The summed E-state index contributed by atoms with van der Waals surface area (Å²) in [6.45, 7) is 1.32. The van der Waals surface area contributed by atoms with Crippen LogP contribution in [0.15, 0.2) is 24.3 Å². The molecular formula is C14H18N2O4. The van der Waals surface area contributed by atoms with Crippen LogP contribution in [0.25, 0.3) is 0 Å². The summed E-state index contributed by atoms with van der Waals surface area (Å²) >= 11 is 0. The molecule has 1 aromatic carbocycles. The number of aliphatic hydroxyl groups excluding tert-OH is 1. The van der Waals surface area contributed by atoms with Gasteiger partial charge in [0.1, 0.15) is 0 Å². The largest absolute Gasteiger partial charge is 0.478 e. The van der Waals surface area contributed by atoms with Gasteiger partial charge in [0.2, 0.25) is 0 Å². The van der Waals surface area contributed by atoms with Gasteiger partial charge in [0.15, 0.2) is 0 Å². The van der Waals surface area contributed by atoms with Crippen molar-refractivity contribution in [3.63, 3.8) is 0 Å². The molecule has 0 saturated carbocycles. The predicted molar refractivity (Wildman–Crippen MR) is 73.8 cm³/mol. The molecule has 0 spiro atoms. The van der Waals surface area contributed by atoms with Crippen LogP contribution in [-0.2, 0) is 0 Å². The zero-order valence-corrected chi connectivity index (χ0v) is 11.1. The fourth-order valence-corrected chi connectivity index (χ4v) is 2.30. The van der Waals surface area contributed by atoms with Gasteiger partial charge in [-0.3, -0.25) is 0 Å². The summed E-state index contributed by atoms with van der Waals surface area (Å²) < 4.78 is 0. The average molecular weight is 278 g/mol. The average Bonchev–Trinajstić information content (AvgIpc) is 2.47. The lowest BCUT2D eigenvalue weighted by atomic mass is 9.99. The van der Waals surface area contributed by atoms with Gasteiger partial charge < -0.3 is 20.4 Å². The quantitative estimate of drug-likeness (QED) is 0.783. The molecule has 1 heterocycles. The summed E-state index contributed by atoms with van der Waals surface area (Å²) in [4.78, 5) is 24.5. The van der Waals surface area contributed by atoms with Crippen molar-refractivity contribution < 1.29 is 19.8 Å². The van der Waals surface area contributed by atoms with Crippen molar-refractivity contribution in [3.8, 4) is 0 Å². The highest BCUT2D eigenvalue weighted by atomic mass is 16.4. The van der Waals surface area contributed by atoms with Crippen LogP contribution in [-0.4, -0.2) is 46.8 Å². The van der Waals surface area contributed by atoms with Crippen molar-refractivity contribution in [2.75, 3.05) is 25.0 Å². The van der Waals surface area contributed by atoms with E-state index in [1.165, 1.54) is 12.1 Å². The molecule has 6 nitrogen and oxygen atoms in total. The van der Waals surface area contributed by atoms with Gasteiger partial charge in [-0.2, -0.15) is 0 Å². The molecule has 0 aromatic heterocycles. The van der Waals surface area contributed by atoms with Crippen molar-refractivity contribution in [2.24, 2.45) is 5.92 Å². The number of amides is 2. The molecule has 6 heteroatoms. The molecule has 3 N–H and O–H groups in total. The van der Waals surface area contributed by atoms with Gasteiger partial charge >= 0.3 is 12.0 Å². The summed E-state index contributed by atoms with van der Waals surface area (Å²) in [6.07, 6.45) is 1.82. The lowest BCUT2D eigenvalue weighted by Gasteiger charge is -2.31. The molecule has 2 amide bonds. The molecule has 1 aliphatic heterocycles. The Morgan fingerprint density at radius 1 is 1.30 bits per heavy atom. The van der Waals surface area contributed by atoms with E-state index in [-0.39, 0.29) is 24.1 Å². The van der Waals surface area contributed by atoms with Gasteiger partial charge in [0.05, 0.1) is 5.56 Å². The highest BCUT2D eigenvalue weighted by Crippen LogP contribution is 2.17. The molecule has 2 rings (SSSR count). The Bertz CT molecular complexity index is 486. The molecule has 1 fully saturated rings. The van der Waals surface area contributed by atoms with Crippen LogP contribution in [0.4, 0.5) is 10.5 Å². The Morgan fingerprint density at radius 3 is 2.60 bits per heavy atom. The van der Waals surface area contributed by atoms with Crippen LogP contribution >= 0.6 is 0 Å². The fourth-order valence-electron chi connectivity index (χ4n) is 2.30. The van der Waals surface area contributed by atoms with Crippen LogP contribution in [0.2, 0.25) is 0 Å². The van der Waals surface area contributed by atoms with Crippen molar-refractivity contribution in [1.82, 2.24) is 4.90 Å². The lowest BCUT2D eigenvalue weighted by Crippen LogP contribution is -2.43. The summed E-state index contributed by atoms with van der Waals surface area (Å²) in [6, 6.07) is 5.81. The highest BCUT2D eigenvalue weighted by molar-refractivity contribution is 5.91. The molecule has 0 aliphatic carbocycles. The van der Waals surface area contributed by atoms with Crippen LogP contribution in [0.5, 0.6) is 0 Å². The second kappa shape index (κ2) is 6.38. The number of carbonyl (C=O) groups is 2. The van der Waals surface area contributed by atoms with Gasteiger partial charge in [-0.05, 0) is 43.0 Å². The van der Waals surface area contributed by atoms with Gasteiger partial charge in [-0.25, -0.2) is 9.59 Å². The second-order valence-electron chi connectivity index (χ2n) is 4.95.